The highest BCUT2D eigenvalue weighted by molar-refractivity contribution is 6.30. The second-order valence-electron chi connectivity index (χ2n) is 4.38. The molecule has 0 spiro atoms. The molecule has 2 aromatic rings. The molecule has 0 radical (unpaired) electrons. The van der Waals surface area contributed by atoms with Gasteiger partial charge in [-0.2, -0.15) is 0 Å². The summed E-state index contributed by atoms with van der Waals surface area (Å²) in [7, 11) is 0. The number of benzene rings is 2. The Bertz CT molecular complexity index is 649. The second kappa shape index (κ2) is 7.06. The number of halogens is 2. The first kappa shape index (κ1) is 15.3. The summed E-state index contributed by atoms with van der Waals surface area (Å²) in [4.78, 5) is 11.1. The maximum Gasteiger partial charge on any atom is 0.250 e. The van der Waals surface area contributed by atoms with Gasteiger partial charge in [-0.05, 0) is 36.4 Å². The van der Waals surface area contributed by atoms with Crippen LogP contribution in [0.4, 0.5) is 15.8 Å². The summed E-state index contributed by atoms with van der Waals surface area (Å²) in [5.41, 5.74) is 1.71. The van der Waals surface area contributed by atoms with Crippen LogP contribution in [-0.4, -0.2) is 17.6 Å². The van der Waals surface area contributed by atoms with Crippen molar-refractivity contribution in [2.45, 2.75) is 6.54 Å². The molecule has 0 bridgehead atoms. The maximum absolute atomic E-state index is 13.6. The van der Waals surface area contributed by atoms with Crippen LogP contribution in [0.15, 0.2) is 42.5 Å². The number of aliphatic hydroxyl groups excluding tert-OH is 1. The maximum atomic E-state index is 13.6. The van der Waals surface area contributed by atoms with Crippen molar-refractivity contribution in [3.05, 3.63) is 58.9 Å². The van der Waals surface area contributed by atoms with Crippen molar-refractivity contribution in [3.63, 3.8) is 0 Å². The van der Waals surface area contributed by atoms with Crippen LogP contribution >= 0.6 is 11.6 Å². The van der Waals surface area contributed by atoms with Crippen LogP contribution in [0, 0.1) is 5.82 Å². The largest absolute Gasteiger partial charge is 0.387 e. The minimum atomic E-state index is -0.578. The first-order chi connectivity index (χ1) is 10.1. The second-order valence-corrected chi connectivity index (χ2v) is 4.81. The van der Waals surface area contributed by atoms with Gasteiger partial charge < -0.3 is 15.7 Å². The third kappa shape index (κ3) is 4.44. The van der Waals surface area contributed by atoms with Crippen LogP contribution in [-0.2, 0) is 11.3 Å². The van der Waals surface area contributed by atoms with Crippen molar-refractivity contribution in [2.75, 3.05) is 17.2 Å². The van der Waals surface area contributed by atoms with Crippen LogP contribution in [0.1, 0.15) is 5.56 Å². The lowest BCUT2D eigenvalue weighted by Gasteiger charge is -2.10. The zero-order valence-corrected chi connectivity index (χ0v) is 11.8. The first-order valence-corrected chi connectivity index (χ1v) is 6.65. The van der Waals surface area contributed by atoms with E-state index >= 15 is 0 Å². The molecule has 1 amide bonds. The topological polar surface area (TPSA) is 61.4 Å². The summed E-state index contributed by atoms with van der Waals surface area (Å²) in [6, 6.07) is 11.3. The summed E-state index contributed by atoms with van der Waals surface area (Å²) < 4.78 is 13.6. The Morgan fingerprint density at radius 2 is 1.95 bits per heavy atom. The number of hydrogen-bond donors (Lipinski definition) is 3. The van der Waals surface area contributed by atoms with Crippen molar-refractivity contribution in [1.82, 2.24) is 0 Å². The number of carbonyl (C=O) groups is 1. The van der Waals surface area contributed by atoms with Crippen molar-refractivity contribution < 1.29 is 14.3 Å². The molecule has 4 nitrogen and oxygen atoms in total. The lowest BCUT2D eigenvalue weighted by atomic mass is 10.2. The van der Waals surface area contributed by atoms with E-state index in [-0.39, 0.29) is 12.4 Å². The molecule has 0 aliphatic rings. The first-order valence-electron chi connectivity index (χ1n) is 6.27. The SMILES string of the molecule is O=C(CO)Nc1cccc(NCc2cc(Cl)ccc2F)c1. The van der Waals surface area contributed by atoms with Gasteiger partial charge in [-0.1, -0.05) is 17.7 Å². The number of nitrogens with one attached hydrogen (secondary N) is 2. The highest BCUT2D eigenvalue weighted by Crippen LogP contribution is 2.19. The van der Waals surface area contributed by atoms with Gasteiger partial charge in [-0.15, -0.1) is 0 Å². The van der Waals surface area contributed by atoms with Gasteiger partial charge in [0.15, 0.2) is 0 Å². The van der Waals surface area contributed by atoms with Gasteiger partial charge >= 0.3 is 0 Å². The Kier molecular flexibility index (Phi) is 5.14. The van der Waals surface area contributed by atoms with Gasteiger partial charge in [-0.3, -0.25) is 4.79 Å². The van der Waals surface area contributed by atoms with Crippen LogP contribution < -0.4 is 10.6 Å². The van der Waals surface area contributed by atoms with E-state index < -0.39 is 12.5 Å². The number of rotatable bonds is 5. The number of amides is 1. The predicted octanol–water partition coefficient (Wildman–Crippen LogP) is 3.02. The lowest BCUT2D eigenvalue weighted by molar-refractivity contribution is -0.118. The molecule has 0 aliphatic heterocycles. The summed E-state index contributed by atoms with van der Waals surface area (Å²) >= 11 is 5.83. The quantitative estimate of drug-likeness (QED) is 0.795. The summed E-state index contributed by atoms with van der Waals surface area (Å²) in [6.07, 6.45) is 0. The summed E-state index contributed by atoms with van der Waals surface area (Å²) in [6.45, 7) is -0.310. The number of aliphatic hydroxyl groups is 1. The Labute approximate surface area is 126 Å². The van der Waals surface area contributed by atoms with Gasteiger partial charge in [0.1, 0.15) is 12.4 Å². The third-order valence-corrected chi connectivity index (χ3v) is 3.02. The molecule has 0 saturated heterocycles. The highest BCUT2D eigenvalue weighted by Gasteiger charge is 2.04. The fourth-order valence-corrected chi connectivity index (χ4v) is 1.98. The number of hydrogen-bond acceptors (Lipinski definition) is 3. The number of carbonyl (C=O) groups excluding carboxylic acids is 1. The minimum Gasteiger partial charge on any atom is -0.387 e. The lowest BCUT2D eigenvalue weighted by Crippen LogP contribution is -2.15. The normalized spacial score (nSPS) is 10.2. The van der Waals surface area contributed by atoms with Crippen LogP contribution in [0.5, 0.6) is 0 Å². The molecule has 0 saturated carbocycles. The predicted molar refractivity (Wildman–Crippen MR) is 80.9 cm³/mol. The monoisotopic (exact) mass is 308 g/mol. The van der Waals surface area contributed by atoms with Crippen molar-refractivity contribution >= 4 is 28.9 Å². The van der Waals surface area contributed by atoms with E-state index in [1.54, 1.807) is 30.3 Å². The van der Waals surface area contributed by atoms with E-state index in [4.69, 9.17) is 16.7 Å². The van der Waals surface area contributed by atoms with Gasteiger partial charge in [0.05, 0.1) is 0 Å². The van der Waals surface area contributed by atoms with Crippen LogP contribution in [0.25, 0.3) is 0 Å². The molecule has 6 heteroatoms. The van der Waals surface area contributed by atoms with Crippen molar-refractivity contribution in [3.8, 4) is 0 Å². The van der Waals surface area contributed by atoms with E-state index in [2.05, 4.69) is 10.6 Å². The Balaban J connectivity index is 2.04. The molecular weight excluding hydrogens is 295 g/mol. The van der Waals surface area contributed by atoms with Crippen molar-refractivity contribution in [1.29, 1.82) is 0 Å². The molecule has 0 fully saturated rings. The average Bonchev–Trinajstić information content (AvgIpc) is 2.48. The van der Waals surface area contributed by atoms with E-state index in [1.807, 2.05) is 0 Å². The molecule has 0 aliphatic carbocycles. The molecule has 0 heterocycles. The van der Waals surface area contributed by atoms with E-state index in [9.17, 15) is 9.18 Å². The van der Waals surface area contributed by atoms with Crippen LogP contribution in [0.3, 0.4) is 0 Å². The fourth-order valence-electron chi connectivity index (χ4n) is 1.78. The molecule has 21 heavy (non-hydrogen) atoms. The zero-order valence-electron chi connectivity index (χ0n) is 11.1. The molecule has 0 unspecified atom stereocenters. The van der Waals surface area contributed by atoms with Gasteiger partial charge in [0.2, 0.25) is 5.91 Å². The molecular formula is C15H14ClFN2O2. The number of anilines is 2. The third-order valence-electron chi connectivity index (χ3n) is 2.78. The Morgan fingerprint density at radius 1 is 1.19 bits per heavy atom. The van der Waals surface area contributed by atoms with Crippen LogP contribution in [0.2, 0.25) is 5.02 Å². The van der Waals surface area contributed by atoms with E-state index in [0.717, 1.165) is 0 Å². The average molecular weight is 309 g/mol. The van der Waals surface area contributed by atoms with Gasteiger partial charge in [-0.25, -0.2) is 4.39 Å². The van der Waals surface area contributed by atoms with Crippen molar-refractivity contribution in [2.24, 2.45) is 0 Å². The fraction of sp³-hybridized carbons (Fsp3) is 0.133. The Morgan fingerprint density at radius 3 is 2.71 bits per heavy atom. The molecule has 2 rings (SSSR count). The Hall–Kier alpha value is -2.11. The molecule has 110 valence electrons. The highest BCUT2D eigenvalue weighted by atomic mass is 35.5. The zero-order chi connectivity index (χ0) is 15.2. The summed E-state index contributed by atoms with van der Waals surface area (Å²) in [5, 5.41) is 14.7. The summed E-state index contributed by atoms with van der Waals surface area (Å²) in [5.74, 6) is -0.829. The van der Waals surface area contributed by atoms with Gasteiger partial charge in [0, 0.05) is 28.5 Å². The standard InChI is InChI=1S/C15H14ClFN2O2/c16-11-4-5-14(17)10(6-11)8-18-12-2-1-3-13(7-12)19-15(21)9-20/h1-7,18,20H,8-9H2,(H,19,21). The minimum absolute atomic E-state index is 0.268. The van der Waals surface area contributed by atoms with E-state index in [1.165, 1.54) is 12.1 Å². The molecule has 0 atom stereocenters. The van der Waals surface area contributed by atoms with E-state index in [0.29, 0.717) is 22.0 Å². The smallest absolute Gasteiger partial charge is 0.250 e. The van der Waals surface area contributed by atoms with Gasteiger partial charge in [0.25, 0.3) is 0 Å². The molecule has 0 aromatic heterocycles. The molecule has 3 N–H and O–H groups in total. The molecule has 2 aromatic carbocycles.